The molecule has 0 amide bonds. The molecule has 0 saturated carbocycles. The van der Waals surface area contributed by atoms with Crippen LogP contribution in [0.2, 0.25) is 0 Å². The quantitative estimate of drug-likeness (QED) is 0.855. The number of phenols is 1. The molecule has 0 fully saturated rings. The van der Waals surface area contributed by atoms with Crippen LogP contribution in [0.15, 0.2) is 36.5 Å². The number of hydrogen-bond acceptors (Lipinski definition) is 4. The van der Waals surface area contributed by atoms with E-state index in [9.17, 15) is 0 Å². The standard InChI is InChI=1S/C13H10N2O2/c1-9-6-7-15-13(12(9)8-14)17-11-4-2-10(16)3-5-11/h2-7,16H,1H3. The molecule has 0 radical (unpaired) electrons. The smallest absolute Gasteiger partial charge is 0.237 e. The molecule has 0 aliphatic rings. The van der Waals surface area contributed by atoms with Gasteiger partial charge < -0.3 is 9.84 Å². The molecule has 2 aromatic rings. The first-order valence-electron chi connectivity index (χ1n) is 5.03. The summed E-state index contributed by atoms with van der Waals surface area (Å²) in [5.74, 6) is 0.964. The van der Waals surface area contributed by atoms with Crippen molar-refractivity contribution in [3.8, 4) is 23.4 Å². The SMILES string of the molecule is Cc1ccnc(Oc2ccc(O)cc2)c1C#N. The van der Waals surface area contributed by atoms with Gasteiger partial charge in [-0.3, -0.25) is 0 Å². The Hall–Kier alpha value is -2.54. The molecule has 0 atom stereocenters. The summed E-state index contributed by atoms with van der Waals surface area (Å²) in [6.07, 6.45) is 1.59. The van der Waals surface area contributed by atoms with Crippen molar-refractivity contribution in [2.24, 2.45) is 0 Å². The number of phenolic OH excluding ortho intramolecular Hbond substituents is 1. The van der Waals surface area contributed by atoms with Gasteiger partial charge in [0.2, 0.25) is 5.88 Å². The van der Waals surface area contributed by atoms with E-state index >= 15 is 0 Å². The monoisotopic (exact) mass is 226 g/mol. The minimum atomic E-state index is 0.162. The van der Waals surface area contributed by atoms with E-state index < -0.39 is 0 Å². The Morgan fingerprint density at radius 3 is 2.59 bits per heavy atom. The third-order valence-corrected chi connectivity index (χ3v) is 2.29. The zero-order valence-electron chi connectivity index (χ0n) is 9.21. The first-order valence-corrected chi connectivity index (χ1v) is 5.03. The molecule has 2 rings (SSSR count). The Bertz CT molecular complexity index is 571. The second-order valence-corrected chi connectivity index (χ2v) is 3.52. The summed E-state index contributed by atoms with van der Waals surface area (Å²) >= 11 is 0. The third kappa shape index (κ3) is 2.34. The molecule has 0 saturated heterocycles. The number of aromatic nitrogens is 1. The predicted molar refractivity (Wildman–Crippen MR) is 61.9 cm³/mol. The van der Waals surface area contributed by atoms with E-state index in [1.807, 2.05) is 6.92 Å². The van der Waals surface area contributed by atoms with Gasteiger partial charge in [-0.25, -0.2) is 4.98 Å². The van der Waals surface area contributed by atoms with E-state index in [-0.39, 0.29) is 11.6 Å². The van der Waals surface area contributed by atoms with Crippen LogP contribution in [0.1, 0.15) is 11.1 Å². The summed E-state index contributed by atoms with van der Waals surface area (Å²) in [5.41, 5.74) is 1.23. The van der Waals surface area contributed by atoms with Gasteiger partial charge in [-0.2, -0.15) is 5.26 Å². The van der Waals surface area contributed by atoms with Crippen LogP contribution in [0.3, 0.4) is 0 Å². The number of hydrogen-bond donors (Lipinski definition) is 1. The van der Waals surface area contributed by atoms with Crippen molar-refractivity contribution in [2.75, 3.05) is 0 Å². The average molecular weight is 226 g/mol. The molecule has 1 N–H and O–H groups in total. The average Bonchev–Trinajstić information content (AvgIpc) is 2.32. The summed E-state index contributed by atoms with van der Waals surface area (Å²) in [7, 11) is 0. The fourth-order valence-corrected chi connectivity index (χ4v) is 1.37. The van der Waals surface area contributed by atoms with Crippen LogP contribution in [0.4, 0.5) is 0 Å². The summed E-state index contributed by atoms with van der Waals surface area (Å²) in [4.78, 5) is 4.02. The van der Waals surface area contributed by atoms with Crippen molar-refractivity contribution < 1.29 is 9.84 Å². The van der Waals surface area contributed by atoms with Crippen molar-refractivity contribution in [3.63, 3.8) is 0 Å². The van der Waals surface area contributed by atoms with E-state index in [2.05, 4.69) is 11.1 Å². The van der Waals surface area contributed by atoms with Gasteiger partial charge in [0.1, 0.15) is 23.1 Å². The van der Waals surface area contributed by atoms with Crippen LogP contribution in [0, 0.1) is 18.3 Å². The van der Waals surface area contributed by atoms with Gasteiger partial charge in [-0.1, -0.05) is 0 Å². The van der Waals surface area contributed by atoms with Crippen LogP contribution < -0.4 is 4.74 Å². The molecule has 1 aromatic heterocycles. The Kier molecular flexibility index (Phi) is 2.93. The lowest BCUT2D eigenvalue weighted by molar-refractivity contribution is 0.452. The normalized spacial score (nSPS) is 9.65. The van der Waals surface area contributed by atoms with E-state index in [1.165, 1.54) is 12.1 Å². The second-order valence-electron chi connectivity index (χ2n) is 3.52. The molecule has 4 nitrogen and oxygen atoms in total. The summed E-state index contributed by atoms with van der Waals surface area (Å²) < 4.78 is 5.49. The van der Waals surface area contributed by atoms with Crippen LogP contribution in [-0.2, 0) is 0 Å². The molecular weight excluding hydrogens is 216 g/mol. The number of nitriles is 1. The lowest BCUT2D eigenvalue weighted by Gasteiger charge is -2.07. The summed E-state index contributed by atoms with van der Waals surface area (Å²) in [6, 6.07) is 10.1. The van der Waals surface area contributed by atoms with E-state index in [1.54, 1.807) is 24.4 Å². The summed E-state index contributed by atoms with van der Waals surface area (Å²) in [5, 5.41) is 18.2. The number of benzene rings is 1. The number of aromatic hydroxyl groups is 1. The zero-order valence-corrected chi connectivity index (χ0v) is 9.21. The van der Waals surface area contributed by atoms with Gasteiger partial charge in [-0.05, 0) is 42.8 Å². The highest BCUT2D eigenvalue weighted by Gasteiger charge is 2.08. The third-order valence-electron chi connectivity index (χ3n) is 2.29. The molecule has 0 unspecified atom stereocenters. The lowest BCUT2D eigenvalue weighted by Crippen LogP contribution is -1.93. The Balaban J connectivity index is 2.34. The predicted octanol–water partition coefficient (Wildman–Crippen LogP) is 2.76. The van der Waals surface area contributed by atoms with E-state index in [4.69, 9.17) is 15.1 Å². The molecule has 0 bridgehead atoms. The first-order chi connectivity index (χ1) is 8.20. The van der Waals surface area contributed by atoms with Crippen molar-refractivity contribution in [1.82, 2.24) is 4.98 Å². The van der Waals surface area contributed by atoms with Gasteiger partial charge in [0.25, 0.3) is 0 Å². The van der Waals surface area contributed by atoms with E-state index in [0.29, 0.717) is 11.3 Å². The molecule has 1 heterocycles. The molecule has 0 aliphatic carbocycles. The molecule has 0 aliphatic heterocycles. The maximum atomic E-state index is 9.14. The zero-order chi connectivity index (χ0) is 12.3. The van der Waals surface area contributed by atoms with Crippen LogP contribution in [-0.4, -0.2) is 10.1 Å². The molecule has 1 aromatic carbocycles. The number of pyridine rings is 1. The van der Waals surface area contributed by atoms with E-state index in [0.717, 1.165) is 5.56 Å². The Morgan fingerprint density at radius 2 is 1.94 bits per heavy atom. The largest absolute Gasteiger partial charge is 0.508 e. The van der Waals surface area contributed by atoms with Crippen LogP contribution in [0.25, 0.3) is 0 Å². The van der Waals surface area contributed by atoms with Crippen molar-refractivity contribution >= 4 is 0 Å². The molecule has 4 heteroatoms. The van der Waals surface area contributed by atoms with Gasteiger partial charge in [0.05, 0.1) is 0 Å². The molecular formula is C13H10N2O2. The molecule has 0 spiro atoms. The fourth-order valence-electron chi connectivity index (χ4n) is 1.37. The van der Waals surface area contributed by atoms with Crippen LogP contribution >= 0.6 is 0 Å². The van der Waals surface area contributed by atoms with Gasteiger partial charge in [0.15, 0.2) is 0 Å². The Labute approximate surface area is 98.7 Å². The fraction of sp³-hybridized carbons (Fsp3) is 0.0769. The minimum Gasteiger partial charge on any atom is -0.508 e. The lowest BCUT2D eigenvalue weighted by atomic mass is 10.2. The maximum absolute atomic E-state index is 9.14. The number of aryl methyl sites for hydroxylation is 1. The summed E-state index contributed by atoms with van der Waals surface area (Å²) in [6.45, 7) is 1.82. The van der Waals surface area contributed by atoms with Gasteiger partial charge >= 0.3 is 0 Å². The van der Waals surface area contributed by atoms with Crippen LogP contribution in [0.5, 0.6) is 17.4 Å². The number of rotatable bonds is 2. The van der Waals surface area contributed by atoms with Crippen molar-refractivity contribution in [1.29, 1.82) is 5.26 Å². The second kappa shape index (κ2) is 4.54. The number of nitrogens with zero attached hydrogens (tertiary/aromatic N) is 2. The number of ether oxygens (including phenoxy) is 1. The van der Waals surface area contributed by atoms with Crippen molar-refractivity contribution in [3.05, 3.63) is 47.7 Å². The molecule has 84 valence electrons. The maximum Gasteiger partial charge on any atom is 0.237 e. The Morgan fingerprint density at radius 1 is 1.24 bits per heavy atom. The first kappa shape index (κ1) is 11.0. The molecule has 17 heavy (non-hydrogen) atoms. The highest BCUT2D eigenvalue weighted by atomic mass is 16.5. The van der Waals surface area contributed by atoms with Crippen molar-refractivity contribution in [2.45, 2.75) is 6.92 Å². The topological polar surface area (TPSA) is 66.1 Å². The van der Waals surface area contributed by atoms with Gasteiger partial charge in [0, 0.05) is 6.20 Å². The highest BCUT2D eigenvalue weighted by Crippen LogP contribution is 2.25. The van der Waals surface area contributed by atoms with Gasteiger partial charge in [-0.15, -0.1) is 0 Å². The minimum absolute atomic E-state index is 0.162. The highest BCUT2D eigenvalue weighted by molar-refractivity contribution is 5.45.